The highest BCUT2D eigenvalue weighted by Gasteiger charge is 2.32. The van der Waals surface area contributed by atoms with E-state index in [1.54, 1.807) is 0 Å². The predicted octanol–water partition coefficient (Wildman–Crippen LogP) is 0.976. The van der Waals surface area contributed by atoms with Crippen LogP contribution in [0.1, 0.15) is 12.8 Å². The molecule has 0 spiro atoms. The summed E-state index contributed by atoms with van der Waals surface area (Å²) in [6, 6.07) is -0.415. The van der Waals surface area contributed by atoms with Crippen LogP contribution in [0.4, 0.5) is 13.2 Å². The number of carbonyl (C=O) groups is 1. The Hall–Kier alpha value is -0.820. The van der Waals surface area contributed by atoms with Gasteiger partial charge in [0.05, 0.1) is 12.5 Å². The molecule has 1 heterocycles. The molecule has 7 heteroatoms. The van der Waals surface area contributed by atoms with E-state index in [1.165, 1.54) is 0 Å². The third-order valence-corrected chi connectivity index (χ3v) is 2.31. The highest BCUT2D eigenvalue weighted by molar-refractivity contribution is 5.70. The normalized spacial score (nSPS) is 27.7. The summed E-state index contributed by atoms with van der Waals surface area (Å²) in [5.74, 6) is -1.43. The van der Waals surface area contributed by atoms with Crippen molar-refractivity contribution in [3.8, 4) is 0 Å². The van der Waals surface area contributed by atoms with Gasteiger partial charge in [0.15, 0.2) is 0 Å². The molecule has 0 amide bonds. The minimum Gasteiger partial charge on any atom is -0.481 e. The molecule has 0 radical (unpaired) electrons. The lowest BCUT2D eigenvalue weighted by Crippen LogP contribution is -2.44. The van der Waals surface area contributed by atoms with Gasteiger partial charge in [0.25, 0.3) is 0 Å². The molecule has 0 saturated carbocycles. The molecular formula is C8H12F3NO3. The number of nitrogens with one attached hydrogen (secondary N) is 1. The molecule has 2 N–H and O–H groups in total. The number of ether oxygens (including phenoxy) is 1. The van der Waals surface area contributed by atoms with Crippen molar-refractivity contribution in [1.82, 2.24) is 5.32 Å². The lowest BCUT2D eigenvalue weighted by Gasteiger charge is -2.27. The van der Waals surface area contributed by atoms with Crippen molar-refractivity contribution < 1.29 is 27.8 Å². The molecule has 0 bridgehead atoms. The predicted molar refractivity (Wildman–Crippen MR) is 44.2 cm³/mol. The Kier molecular flexibility index (Phi) is 3.92. The summed E-state index contributed by atoms with van der Waals surface area (Å²) < 4.78 is 38.7. The summed E-state index contributed by atoms with van der Waals surface area (Å²) >= 11 is 0. The zero-order valence-electron chi connectivity index (χ0n) is 7.88. The van der Waals surface area contributed by atoms with Gasteiger partial charge in [-0.15, -0.1) is 13.2 Å². The number of halogens is 3. The topological polar surface area (TPSA) is 58.6 Å². The smallest absolute Gasteiger partial charge is 0.481 e. The number of hydrogen-bond donors (Lipinski definition) is 2. The molecule has 1 saturated heterocycles. The highest BCUT2D eigenvalue weighted by atomic mass is 19.4. The van der Waals surface area contributed by atoms with Crippen LogP contribution in [0.2, 0.25) is 0 Å². The van der Waals surface area contributed by atoms with Gasteiger partial charge in [-0.2, -0.15) is 0 Å². The number of piperidine rings is 1. The van der Waals surface area contributed by atoms with Gasteiger partial charge in [-0.3, -0.25) is 9.53 Å². The van der Waals surface area contributed by atoms with Crippen LogP contribution in [0.25, 0.3) is 0 Å². The standard InChI is InChI=1S/C8H12F3NO3/c9-8(10,11)15-4-6-2-1-5(3-12-6)7(13)14/h5-6,12H,1-4H2,(H,13,14). The maximum Gasteiger partial charge on any atom is 0.522 e. The van der Waals surface area contributed by atoms with E-state index in [4.69, 9.17) is 5.11 Å². The van der Waals surface area contributed by atoms with Crippen molar-refractivity contribution >= 4 is 5.97 Å². The molecule has 88 valence electrons. The molecule has 15 heavy (non-hydrogen) atoms. The summed E-state index contributed by atoms with van der Waals surface area (Å²) in [6.45, 7) is -0.267. The minimum absolute atomic E-state index is 0.196. The molecule has 0 aromatic heterocycles. The maximum absolute atomic E-state index is 11.7. The van der Waals surface area contributed by atoms with E-state index in [0.29, 0.717) is 12.8 Å². The van der Waals surface area contributed by atoms with Gasteiger partial charge in [0, 0.05) is 12.6 Å². The number of alkyl halides is 3. The Morgan fingerprint density at radius 1 is 1.47 bits per heavy atom. The van der Waals surface area contributed by atoms with Crippen LogP contribution in [-0.4, -0.2) is 36.6 Å². The van der Waals surface area contributed by atoms with E-state index >= 15 is 0 Å². The number of hydrogen-bond acceptors (Lipinski definition) is 3. The average Bonchev–Trinajstić information content (AvgIpc) is 2.14. The molecule has 1 fully saturated rings. The summed E-state index contributed by atoms with van der Waals surface area (Å²) in [5, 5.41) is 11.3. The Labute approximate surface area is 84.4 Å². The fourth-order valence-electron chi connectivity index (χ4n) is 1.46. The molecule has 1 rings (SSSR count). The first-order chi connectivity index (χ1) is 6.88. The van der Waals surface area contributed by atoms with Gasteiger partial charge in [-0.25, -0.2) is 0 Å². The largest absolute Gasteiger partial charge is 0.522 e. The molecule has 1 aliphatic rings. The third kappa shape index (κ3) is 4.48. The lowest BCUT2D eigenvalue weighted by atomic mass is 9.95. The van der Waals surface area contributed by atoms with Gasteiger partial charge in [-0.1, -0.05) is 0 Å². The van der Waals surface area contributed by atoms with Gasteiger partial charge < -0.3 is 10.4 Å². The first-order valence-electron chi connectivity index (χ1n) is 4.55. The Bertz CT molecular complexity index is 224. The first-order valence-corrected chi connectivity index (χ1v) is 4.55. The van der Waals surface area contributed by atoms with Crippen LogP contribution in [0, 0.1) is 5.92 Å². The fraction of sp³-hybridized carbons (Fsp3) is 0.875. The van der Waals surface area contributed by atoms with Gasteiger partial charge in [-0.05, 0) is 12.8 Å². The van der Waals surface area contributed by atoms with Gasteiger partial charge >= 0.3 is 12.3 Å². The van der Waals surface area contributed by atoms with Crippen LogP contribution in [0.15, 0.2) is 0 Å². The summed E-state index contributed by atoms with van der Waals surface area (Å²) in [7, 11) is 0. The molecule has 0 aromatic carbocycles. The quantitative estimate of drug-likeness (QED) is 0.754. The van der Waals surface area contributed by atoms with E-state index in [-0.39, 0.29) is 6.54 Å². The van der Waals surface area contributed by atoms with E-state index in [1.807, 2.05) is 0 Å². The van der Waals surface area contributed by atoms with Gasteiger partial charge in [0.1, 0.15) is 0 Å². The van der Waals surface area contributed by atoms with Crippen LogP contribution in [0.5, 0.6) is 0 Å². The van der Waals surface area contributed by atoms with Crippen molar-refractivity contribution in [3.63, 3.8) is 0 Å². The SMILES string of the molecule is O=C(O)C1CCC(COC(F)(F)F)NC1. The maximum atomic E-state index is 11.7. The number of rotatable bonds is 3. The Balaban J connectivity index is 2.23. The second-order valence-corrected chi connectivity index (χ2v) is 3.47. The van der Waals surface area contributed by atoms with E-state index in [9.17, 15) is 18.0 Å². The first kappa shape index (κ1) is 12.3. The van der Waals surface area contributed by atoms with Crippen molar-refractivity contribution in [2.24, 2.45) is 5.92 Å². The summed E-state index contributed by atoms with van der Waals surface area (Å²) in [4.78, 5) is 10.5. The van der Waals surface area contributed by atoms with E-state index in [0.717, 1.165) is 0 Å². The number of carboxylic acid groups (broad SMARTS) is 1. The van der Waals surface area contributed by atoms with Crippen molar-refractivity contribution in [2.45, 2.75) is 25.2 Å². The zero-order chi connectivity index (χ0) is 11.5. The van der Waals surface area contributed by atoms with Crippen LogP contribution >= 0.6 is 0 Å². The molecule has 2 unspecified atom stereocenters. The van der Waals surface area contributed by atoms with Crippen LogP contribution in [-0.2, 0) is 9.53 Å². The van der Waals surface area contributed by atoms with E-state index < -0.39 is 30.9 Å². The fourth-order valence-corrected chi connectivity index (χ4v) is 1.46. The lowest BCUT2D eigenvalue weighted by molar-refractivity contribution is -0.326. The van der Waals surface area contributed by atoms with Gasteiger partial charge in [0.2, 0.25) is 0 Å². The van der Waals surface area contributed by atoms with Crippen LogP contribution < -0.4 is 5.32 Å². The third-order valence-electron chi connectivity index (χ3n) is 2.31. The highest BCUT2D eigenvalue weighted by Crippen LogP contribution is 2.19. The molecule has 1 aliphatic heterocycles. The molecular weight excluding hydrogens is 215 g/mol. The molecule has 0 aliphatic carbocycles. The minimum atomic E-state index is -4.62. The second kappa shape index (κ2) is 4.80. The van der Waals surface area contributed by atoms with Crippen LogP contribution in [0.3, 0.4) is 0 Å². The summed E-state index contributed by atoms with van der Waals surface area (Å²) in [5.41, 5.74) is 0. The number of carboxylic acids is 1. The van der Waals surface area contributed by atoms with Crippen molar-refractivity contribution in [3.05, 3.63) is 0 Å². The molecule has 2 atom stereocenters. The van der Waals surface area contributed by atoms with Crippen molar-refractivity contribution in [1.29, 1.82) is 0 Å². The summed E-state index contributed by atoms with van der Waals surface area (Å²) in [6.07, 6.45) is -3.85. The van der Waals surface area contributed by atoms with Crippen molar-refractivity contribution in [2.75, 3.05) is 13.2 Å². The molecule has 0 aromatic rings. The number of aliphatic carboxylic acids is 1. The second-order valence-electron chi connectivity index (χ2n) is 3.47. The Morgan fingerprint density at radius 3 is 2.53 bits per heavy atom. The Morgan fingerprint density at radius 2 is 2.13 bits per heavy atom. The average molecular weight is 227 g/mol. The molecule has 4 nitrogen and oxygen atoms in total. The van der Waals surface area contributed by atoms with E-state index in [2.05, 4.69) is 10.1 Å². The monoisotopic (exact) mass is 227 g/mol. The zero-order valence-corrected chi connectivity index (χ0v) is 7.88.